The van der Waals surface area contributed by atoms with Gasteiger partial charge in [0.15, 0.2) is 11.6 Å². The summed E-state index contributed by atoms with van der Waals surface area (Å²) in [7, 11) is 3.36. The van der Waals surface area contributed by atoms with E-state index in [1.807, 2.05) is 0 Å². The molecule has 4 rings (SSSR count). The molecular weight excluding hydrogens is 402 g/mol. The number of nitrogens with one attached hydrogen (secondary N) is 1. The Labute approximate surface area is 169 Å². The molecule has 1 aromatic carbocycles. The van der Waals surface area contributed by atoms with Gasteiger partial charge in [0.25, 0.3) is 0 Å². The fourth-order valence-corrected chi connectivity index (χ4v) is 3.90. The molecule has 1 saturated heterocycles. The molecule has 1 aliphatic rings. The molecule has 10 heteroatoms. The monoisotopic (exact) mass is 423 g/mol. The lowest BCUT2D eigenvalue weighted by molar-refractivity contribution is -0.179. The molecule has 3 heterocycles. The van der Waals surface area contributed by atoms with Gasteiger partial charge in [0.05, 0.1) is 28.8 Å². The van der Waals surface area contributed by atoms with Crippen molar-refractivity contribution < 1.29 is 17.6 Å². The van der Waals surface area contributed by atoms with Gasteiger partial charge in [-0.15, -0.1) is 0 Å². The number of alkyl halides is 3. The highest BCUT2D eigenvalue weighted by Gasteiger charge is 2.41. The van der Waals surface area contributed by atoms with E-state index in [2.05, 4.69) is 10.3 Å². The van der Waals surface area contributed by atoms with Gasteiger partial charge < -0.3 is 10.2 Å². The summed E-state index contributed by atoms with van der Waals surface area (Å²) in [5, 5.41) is 3.06. The quantitative estimate of drug-likeness (QED) is 0.649. The Balaban J connectivity index is 1.51. The van der Waals surface area contributed by atoms with Crippen LogP contribution in [0.25, 0.3) is 11.0 Å². The molecule has 6 nitrogen and oxygen atoms in total. The van der Waals surface area contributed by atoms with Crippen molar-refractivity contribution >= 4 is 28.2 Å². The number of halogens is 4. The number of aryl methyl sites for hydroxylation is 2. The first kappa shape index (κ1) is 20.2. The van der Waals surface area contributed by atoms with Gasteiger partial charge in [-0.1, -0.05) is 0 Å². The second-order valence-corrected chi connectivity index (χ2v) is 7.56. The first-order valence-corrected chi connectivity index (χ1v) is 9.55. The van der Waals surface area contributed by atoms with Crippen LogP contribution in [0.2, 0.25) is 0 Å². The SMILES string of the molecule is Cn1c(=O)n(C)c2cc(Nc3cnc(N4CCC(C(F)(F)F)CC4)c(F)c3)ccc21. The van der Waals surface area contributed by atoms with Crippen LogP contribution in [0.5, 0.6) is 0 Å². The Morgan fingerprint density at radius 2 is 1.70 bits per heavy atom. The molecule has 2 aromatic heterocycles. The number of hydrogen-bond donors (Lipinski definition) is 1. The molecule has 0 spiro atoms. The summed E-state index contributed by atoms with van der Waals surface area (Å²) in [6.45, 7) is 0.221. The minimum Gasteiger partial charge on any atom is -0.354 e. The predicted octanol–water partition coefficient (Wildman–Crippen LogP) is 3.93. The molecular formula is C20H21F4N5O. The second kappa shape index (κ2) is 7.33. The minimum absolute atomic E-state index is 0.0575. The zero-order chi connectivity index (χ0) is 21.6. The first-order chi connectivity index (χ1) is 14.1. The number of fused-ring (bicyclic) bond motifs is 1. The number of hydrogen-bond acceptors (Lipinski definition) is 4. The number of benzene rings is 1. The molecule has 1 N–H and O–H groups in total. The van der Waals surface area contributed by atoms with Gasteiger partial charge in [0, 0.05) is 38.9 Å². The summed E-state index contributed by atoms with van der Waals surface area (Å²) >= 11 is 0. The van der Waals surface area contributed by atoms with Crippen molar-refractivity contribution in [1.82, 2.24) is 14.1 Å². The summed E-state index contributed by atoms with van der Waals surface area (Å²) in [5.41, 5.74) is 2.42. The van der Waals surface area contributed by atoms with E-state index in [4.69, 9.17) is 0 Å². The third kappa shape index (κ3) is 3.61. The molecule has 0 bridgehead atoms. The molecule has 30 heavy (non-hydrogen) atoms. The smallest absolute Gasteiger partial charge is 0.354 e. The van der Waals surface area contributed by atoms with Crippen LogP contribution in [0, 0.1) is 11.7 Å². The van der Waals surface area contributed by atoms with Crippen LogP contribution in [-0.4, -0.2) is 33.4 Å². The maximum Gasteiger partial charge on any atom is 0.391 e. The molecule has 0 radical (unpaired) electrons. The predicted molar refractivity (Wildman–Crippen MR) is 107 cm³/mol. The van der Waals surface area contributed by atoms with Crippen LogP contribution in [0.3, 0.4) is 0 Å². The van der Waals surface area contributed by atoms with Gasteiger partial charge in [-0.05, 0) is 31.0 Å². The molecule has 3 aromatic rings. The summed E-state index contributed by atoms with van der Waals surface area (Å²) in [4.78, 5) is 17.7. The molecule has 0 saturated carbocycles. The number of rotatable bonds is 3. The molecule has 1 fully saturated rings. The lowest BCUT2D eigenvalue weighted by Gasteiger charge is -2.33. The minimum atomic E-state index is -4.21. The Bertz CT molecular complexity index is 1140. The van der Waals surface area contributed by atoms with Crippen molar-refractivity contribution in [3.8, 4) is 0 Å². The fraction of sp³-hybridized carbons (Fsp3) is 0.400. The molecule has 1 aliphatic heterocycles. The number of nitrogens with zero attached hydrogens (tertiary/aromatic N) is 4. The lowest BCUT2D eigenvalue weighted by atomic mass is 9.96. The van der Waals surface area contributed by atoms with E-state index < -0.39 is 17.9 Å². The molecule has 0 aliphatic carbocycles. The Morgan fingerprint density at radius 1 is 1.03 bits per heavy atom. The summed E-state index contributed by atoms with van der Waals surface area (Å²) in [5.74, 6) is -1.89. The average molecular weight is 423 g/mol. The third-order valence-corrected chi connectivity index (χ3v) is 5.64. The van der Waals surface area contributed by atoms with E-state index in [1.165, 1.54) is 21.4 Å². The summed E-state index contributed by atoms with van der Waals surface area (Å²) in [6.07, 6.45) is -2.90. The molecule has 0 amide bonds. The van der Waals surface area contributed by atoms with Crippen molar-refractivity contribution in [3.05, 3.63) is 46.8 Å². The zero-order valence-corrected chi connectivity index (χ0v) is 16.5. The van der Waals surface area contributed by atoms with Crippen molar-refractivity contribution in [2.24, 2.45) is 20.0 Å². The Kier molecular flexibility index (Phi) is 4.95. The average Bonchev–Trinajstić information content (AvgIpc) is 2.91. The highest BCUT2D eigenvalue weighted by Crippen LogP contribution is 2.35. The van der Waals surface area contributed by atoms with Crippen molar-refractivity contribution in [1.29, 1.82) is 0 Å². The molecule has 0 atom stereocenters. The summed E-state index contributed by atoms with van der Waals surface area (Å²) < 4.78 is 56.1. The van der Waals surface area contributed by atoms with Gasteiger partial charge in [-0.2, -0.15) is 13.2 Å². The highest BCUT2D eigenvalue weighted by atomic mass is 19.4. The second-order valence-electron chi connectivity index (χ2n) is 7.56. The van der Waals surface area contributed by atoms with Gasteiger partial charge in [0.2, 0.25) is 0 Å². The van der Waals surface area contributed by atoms with E-state index in [1.54, 1.807) is 37.2 Å². The van der Waals surface area contributed by atoms with Crippen LogP contribution in [0.4, 0.5) is 34.8 Å². The fourth-order valence-electron chi connectivity index (χ4n) is 3.90. The van der Waals surface area contributed by atoms with E-state index in [0.29, 0.717) is 11.4 Å². The maximum absolute atomic E-state index is 14.6. The van der Waals surface area contributed by atoms with Crippen molar-refractivity contribution in [3.63, 3.8) is 0 Å². The van der Waals surface area contributed by atoms with Gasteiger partial charge in [0.1, 0.15) is 0 Å². The van der Waals surface area contributed by atoms with Gasteiger partial charge in [-0.3, -0.25) is 9.13 Å². The molecule has 160 valence electrons. The van der Waals surface area contributed by atoms with Crippen LogP contribution in [0.15, 0.2) is 35.3 Å². The number of imidazole rings is 1. The van der Waals surface area contributed by atoms with E-state index in [9.17, 15) is 22.4 Å². The largest absolute Gasteiger partial charge is 0.391 e. The van der Waals surface area contributed by atoms with Crippen molar-refractivity contribution in [2.75, 3.05) is 23.3 Å². The Hall–Kier alpha value is -3.04. The zero-order valence-electron chi connectivity index (χ0n) is 16.5. The molecule has 0 unspecified atom stereocenters. The van der Waals surface area contributed by atoms with E-state index >= 15 is 0 Å². The summed E-state index contributed by atoms with van der Waals surface area (Å²) in [6, 6.07) is 6.62. The van der Waals surface area contributed by atoms with Crippen LogP contribution >= 0.6 is 0 Å². The third-order valence-electron chi connectivity index (χ3n) is 5.64. The van der Waals surface area contributed by atoms with Gasteiger partial charge in [-0.25, -0.2) is 14.2 Å². The standard InChI is InChI=1S/C20H21F4N5O/c1-27-16-4-3-13(10-17(16)28(2)19(27)30)26-14-9-15(21)18(25-11-14)29-7-5-12(6-8-29)20(22,23)24/h3-4,9-12,26H,5-8H2,1-2H3. The maximum atomic E-state index is 14.6. The Morgan fingerprint density at radius 3 is 2.33 bits per heavy atom. The number of anilines is 3. The topological polar surface area (TPSA) is 55.1 Å². The lowest BCUT2D eigenvalue weighted by Crippen LogP contribution is -2.39. The normalized spacial score (nSPS) is 15.7. The number of aromatic nitrogens is 3. The first-order valence-electron chi connectivity index (χ1n) is 9.55. The van der Waals surface area contributed by atoms with E-state index in [-0.39, 0.29) is 37.4 Å². The van der Waals surface area contributed by atoms with Crippen LogP contribution < -0.4 is 15.9 Å². The highest BCUT2D eigenvalue weighted by molar-refractivity contribution is 5.81. The number of piperidine rings is 1. The van der Waals surface area contributed by atoms with Crippen LogP contribution in [0.1, 0.15) is 12.8 Å². The van der Waals surface area contributed by atoms with Gasteiger partial charge >= 0.3 is 11.9 Å². The van der Waals surface area contributed by atoms with E-state index in [0.717, 1.165) is 11.0 Å². The van der Waals surface area contributed by atoms with Crippen molar-refractivity contribution in [2.45, 2.75) is 19.0 Å². The number of pyridine rings is 1. The van der Waals surface area contributed by atoms with Crippen LogP contribution in [-0.2, 0) is 14.1 Å².